The summed E-state index contributed by atoms with van der Waals surface area (Å²) in [5.74, 6) is -0.583. The lowest BCUT2D eigenvalue weighted by Crippen LogP contribution is -2.07. The molecule has 0 fully saturated rings. The van der Waals surface area contributed by atoms with Crippen LogP contribution >= 0.6 is 11.6 Å². The number of carbonyl (C=O) groups is 1. The van der Waals surface area contributed by atoms with Crippen molar-refractivity contribution in [2.45, 2.75) is 18.9 Å². The molecule has 0 radical (unpaired) electrons. The number of halogens is 1. The van der Waals surface area contributed by atoms with Crippen molar-refractivity contribution in [2.24, 2.45) is 0 Å². The van der Waals surface area contributed by atoms with Crippen LogP contribution in [0.3, 0.4) is 0 Å². The minimum absolute atomic E-state index is 0.239. The predicted octanol–water partition coefficient (Wildman–Crippen LogP) is 1.03. The Labute approximate surface area is 58.2 Å². The molecule has 1 atom stereocenters. The minimum atomic E-state index is -0.647. The molecular formula is C5H6ClNO2. The summed E-state index contributed by atoms with van der Waals surface area (Å²) in [5, 5.41) is 7.96. The van der Waals surface area contributed by atoms with Gasteiger partial charge in [-0.3, -0.25) is 4.79 Å². The molecule has 50 valence electrons. The second-order valence-electron chi connectivity index (χ2n) is 1.37. The van der Waals surface area contributed by atoms with E-state index in [-0.39, 0.29) is 6.42 Å². The second kappa shape index (κ2) is 4.16. The zero-order chi connectivity index (χ0) is 7.28. The Morgan fingerprint density at radius 2 is 2.56 bits per heavy atom. The van der Waals surface area contributed by atoms with Crippen molar-refractivity contribution in [3.63, 3.8) is 0 Å². The van der Waals surface area contributed by atoms with E-state index in [0.717, 1.165) is 0 Å². The van der Waals surface area contributed by atoms with Gasteiger partial charge in [0.1, 0.15) is 6.42 Å². The number of rotatable bonds is 2. The van der Waals surface area contributed by atoms with Crippen LogP contribution in [0.2, 0.25) is 0 Å². The van der Waals surface area contributed by atoms with E-state index in [9.17, 15) is 4.79 Å². The molecule has 0 amide bonds. The largest absolute Gasteiger partial charge is 0.446 e. The second-order valence-corrected chi connectivity index (χ2v) is 1.98. The molecule has 0 heterocycles. The summed E-state index contributed by atoms with van der Waals surface area (Å²) in [7, 11) is 0. The highest BCUT2D eigenvalue weighted by molar-refractivity contribution is 6.19. The molecule has 0 aromatic rings. The number of hydrogen-bond donors (Lipinski definition) is 0. The molecule has 0 aliphatic carbocycles. The lowest BCUT2D eigenvalue weighted by molar-refractivity contribution is -0.143. The van der Waals surface area contributed by atoms with E-state index in [0.29, 0.717) is 0 Å². The first kappa shape index (κ1) is 8.25. The van der Waals surface area contributed by atoms with Crippen LogP contribution in [0.1, 0.15) is 13.3 Å². The first-order chi connectivity index (χ1) is 4.16. The van der Waals surface area contributed by atoms with Gasteiger partial charge in [-0.25, -0.2) is 0 Å². The first-order valence-electron chi connectivity index (χ1n) is 2.37. The Bertz CT molecular complexity index is 138. The Hall–Kier alpha value is -0.750. The van der Waals surface area contributed by atoms with Gasteiger partial charge in [0.05, 0.1) is 6.07 Å². The monoisotopic (exact) mass is 147 g/mol. The SMILES string of the molecule is CC(Cl)OC(=O)CC#N. The van der Waals surface area contributed by atoms with Gasteiger partial charge in [0, 0.05) is 0 Å². The fraction of sp³-hybridized carbons (Fsp3) is 0.600. The third-order valence-electron chi connectivity index (χ3n) is 0.517. The van der Waals surface area contributed by atoms with Crippen molar-refractivity contribution >= 4 is 17.6 Å². The van der Waals surface area contributed by atoms with Gasteiger partial charge in [0.2, 0.25) is 0 Å². The number of nitrogens with zero attached hydrogens (tertiary/aromatic N) is 1. The molecule has 0 spiro atoms. The Morgan fingerprint density at radius 1 is 2.00 bits per heavy atom. The van der Waals surface area contributed by atoms with E-state index in [1.54, 1.807) is 6.07 Å². The maximum atomic E-state index is 10.3. The first-order valence-corrected chi connectivity index (χ1v) is 2.81. The highest BCUT2D eigenvalue weighted by Gasteiger charge is 2.03. The summed E-state index contributed by atoms with van der Waals surface area (Å²) in [5.41, 5.74) is -0.647. The molecule has 3 nitrogen and oxygen atoms in total. The van der Waals surface area contributed by atoms with E-state index < -0.39 is 11.5 Å². The minimum Gasteiger partial charge on any atom is -0.446 e. The standard InChI is InChI=1S/C5H6ClNO2/c1-4(6)9-5(8)2-3-7/h4H,2H2,1H3. The van der Waals surface area contributed by atoms with Crippen molar-refractivity contribution in [3.8, 4) is 6.07 Å². The van der Waals surface area contributed by atoms with Gasteiger partial charge >= 0.3 is 5.97 Å². The van der Waals surface area contributed by atoms with Gasteiger partial charge < -0.3 is 4.74 Å². The predicted molar refractivity (Wildman–Crippen MR) is 31.6 cm³/mol. The van der Waals surface area contributed by atoms with Crippen LogP contribution in [0.25, 0.3) is 0 Å². The Balaban J connectivity index is 3.42. The topological polar surface area (TPSA) is 50.1 Å². The van der Waals surface area contributed by atoms with Crippen LogP contribution in [-0.4, -0.2) is 11.5 Å². The molecule has 0 aliphatic heterocycles. The molecule has 0 N–H and O–H groups in total. The van der Waals surface area contributed by atoms with E-state index >= 15 is 0 Å². The van der Waals surface area contributed by atoms with Crippen LogP contribution < -0.4 is 0 Å². The Kier molecular flexibility index (Phi) is 3.81. The average Bonchev–Trinajstić information content (AvgIpc) is 1.63. The normalized spacial score (nSPS) is 11.7. The smallest absolute Gasteiger partial charge is 0.321 e. The van der Waals surface area contributed by atoms with E-state index in [1.165, 1.54) is 6.92 Å². The fourth-order valence-corrected chi connectivity index (χ4v) is 0.387. The van der Waals surface area contributed by atoms with Crippen LogP contribution in [-0.2, 0) is 9.53 Å². The number of nitriles is 1. The molecule has 9 heavy (non-hydrogen) atoms. The molecule has 0 aromatic carbocycles. The van der Waals surface area contributed by atoms with Crippen molar-refractivity contribution in [1.29, 1.82) is 5.26 Å². The molecule has 0 aliphatic rings. The molecule has 0 aromatic heterocycles. The molecule has 0 bridgehead atoms. The van der Waals surface area contributed by atoms with Crippen molar-refractivity contribution in [2.75, 3.05) is 0 Å². The summed E-state index contributed by atoms with van der Waals surface area (Å²) >= 11 is 5.26. The molecule has 0 rings (SSSR count). The number of esters is 1. The number of hydrogen-bond acceptors (Lipinski definition) is 3. The third-order valence-corrected chi connectivity index (χ3v) is 0.606. The molecular weight excluding hydrogens is 142 g/mol. The van der Waals surface area contributed by atoms with Gasteiger partial charge in [-0.1, -0.05) is 11.6 Å². The van der Waals surface area contributed by atoms with E-state index in [2.05, 4.69) is 4.74 Å². The van der Waals surface area contributed by atoms with Gasteiger partial charge in [0.25, 0.3) is 0 Å². The highest BCUT2D eigenvalue weighted by Crippen LogP contribution is 1.97. The zero-order valence-electron chi connectivity index (χ0n) is 4.93. The summed E-state index contributed by atoms with van der Waals surface area (Å²) in [6.07, 6.45) is -0.239. The Morgan fingerprint density at radius 3 is 2.89 bits per heavy atom. The van der Waals surface area contributed by atoms with Gasteiger partial charge in [-0.05, 0) is 6.92 Å². The lowest BCUT2D eigenvalue weighted by Gasteiger charge is -2.01. The van der Waals surface area contributed by atoms with Crippen molar-refractivity contribution in [1.82, 2.24) is 0 Å². The van der Waals surface area contributed by atoms with Crippen LogP contribution in [0.15, 0.2) is 0 Å². The summed E-state index contributed by atoms with van der Waals surface area (Å²) in [6, 6.07) is 1.64. The van der Waals surface area contributed by atoms with Crippen LogP contribution in [0, 0.1) is 11.3 Å². The van der Waals surface area contributed by atoms with Gasteiger partial charge in [-0.15, -0.1) is 0 Å². The number of ether oxygens (including phenoxy) is 1. The molecule has 4 heteroatoms. The van der Waals surface area contributed by atoms with Crippen molar-refractivity contribution in [3.05, 3.63) is 0 Å². The maximum Gasteiger partial charge on any atom is 0.321 e. The maximum absolute atomic E-state index is 10.3. The third kappa shape index (κ3) is 5.12. The van der Waals surface area contributed by atoms with Gasteiger partial charge in [0.15, 0.2) is 5.56 Å². The summed E-state index contributed by atoms with van der Waals surface area (Å²) in [4.78, 5) is 10.3. The molecule has 1 unspecified atom stereocenters. The number of alkyl halides is 1. The average molecular weight is 148 g/mol. The highest BCUT2D eigenvalue weighted by atomic mass is 35.5. The van der Waals surface area contributed by atoms with E-state index in [4.69, 9.17) is 16.9 Å². The quantitative estimate of drug-likeness (QED) is 0.433. The van der Waals surface area contributed by atoms with Gasteiger partial charge in [-0.2, -0.15) is 5.26 Å². The molecule has 0 saturated carbocycles. The molecule has 0 saturated heterocycles. The van der Waals surface area contributed by atoms with Crippen molar-refractivity contribution < 1.29 is 9.53 Å². The fourth-order valence-electron chi connectivity index (χ4n) is 0.287. The summed E-state index contributed by atoms with van der Waals surface area (Å²) < 4.78 is 4.39. The van der Waals surface area contributed by atoms with Crippen LogP contribution in [0.5, 0.6) is 0 Å². The van der Waals surface area contributed by atoms with E-state index in [1.807, 2.05) is 0 Å². The summed E-state index contributed by atoms with van der Waals surface area (Å²) in [6.45, 7) is 1.51. The zero-order valence-corrected chi connectivity index (χ0v) is 5.68. The number of carbonyl (C=O) groups excluding carboxylic acids is 1. The van der Waals surface area contributed by atoms with Crippen LogP contribution in [0.4, 0.5) is 0 Å². The lowest BCUT2D eigenvalue weighted by atomic mass is 10.5.